The van der Waals surface area contributed by atoms with E-state index in [1.54, 1.807) is 26.2 Å². The summed E-state index contributed by atoms with van der Waals surface area (Å²) in [6, 6.07) is 13.5. The number of methoxy groups -OCH3 is 1. The van der Waals surface area contributed by atoms with Gasteiger partial charge in [-0.2, -0.15) is 0 Å². The minimum absolute atomic E-state index is 0.0759. The molecule has 0 saturated heterocycles. The second kappa shape index (κ2) is 9.36. The SMILES string of the molecule is COc1ccc2cc3n(c2c1)C[C@@](C)(C(=O)NC1CCCCCCC1)N(c1cccc(F)c1)C3=O. The lowest BCUT2D eigenvalue weighted by Crippen LogP contribution is -2.65. The number of ether oxygens (including phenoxy) is 1. The zero-order chi connectivity index (χ0) is 24.6. The van der Waals surface area contributed by atoms with E-state index in [0.29, 0.717) is 17.1 Å². The standard InChI is InChI=1S/C28H32FN3O3/c1-28(27(34)30-21-10-6-4-3-5-7-11-21)18-31-24-17-23(35-2)14-13-19(24)15-25(31)26(33)32(28)22-12-8-9-20(29)16-22/h8-9,12-17,21H,3-7,10-11,18H2,1-2H3,(H,30,34)/t28-/m0/s1. The maximum atomic E-state index is 14.2. The Morgan fingerprint density at radius 2 is 1.80 bits per heavy atom. The summed E-state index contributed by atoms with van der Waals surface area (Å²) in [7, 11) is 1.60. The van der Waals surface area contributed by atoms with Gasteiger partial charge in [-0.15, -0.1) is 0 Å². The predicted molar refractivity (Wildman–Crippen MR) is 134 cm³/mol. The van der Waals surface area contributed by atoms with Crippen LogP contribution < -0.4 is 15.0 Å². The molecule has 0 unspecified atom stereocenters. The van der Waals surface area contributed by atoms with Gasteiger partial charge in [0, 0.05) is 23.2 Å². The van der Waals surface area contributed by atoms with E-state index in [1.165, 1.54) is 36.3 Å². The van der Waals surface area contributed by atoms with Crippen molar-refractivity contribution in [3.05, 3.63) is 60.0 Å². The summed E-state index contributed by atoms with van der Waals surface area (Å²) in [5.74, 6) is -0.309. The Hall–Kier alpha value is -3.35. The van der Waals surface area contributed by atoms with Gasteiger partial charge >= 0.3 is 0 Å². The Morgan fingerprint density at radius 3 is 2.51 bits per heavy atom. The van der Waals surface area contributed by atoms with E-state index >= 15 is 0 Å². The minimum atomic E-state index is -1.24. The summed E-state index contributed by atoms with van der Waals surface area (Å²) in [5, 5.41) is 4.15. The van der Waals surface area contributed by atoms with Gasteiger partial charge in [0.25, 0.3) is 5.91 Å². The summed E-state index contributed by atoms with van der Waals surface area (Å²) in [6.07, 6.45) is 7.64. The molecule has 1 saturated carbocycles. The van der Waals surface area contributed by atoms with Crippen molar-refractivity contribution in [3.63, 3.8) is 0 Å². The third-order valence-electron chi connectivity index (χ3n) is 7.49. The molecule has 3 aromatic rings. The maximum absolute atomic E-state index is 14.2. The van der Waals surface area contributed by atoms with Crippen molar-refractivity contribution in [2.75, 3.05) is 12.0 Å². The summed E-state index contributed by atoms with van der Waals surface area (Å²) >= 11 is 0. The molecule has 2 amide bonds. The third-order valence-corrected chi connectivity index (χ3v) is 7.49. The molecule has 0 radical (unpaired) electrons. The molecule has 2 heterocycles. The number of carbonyl (C=O) groups is 2. The number of rotatable bonds is 4. The number of benzene rings is 2. The maximum Gasteiger partial charge on any atom is 0.275 e. The Labute approximate surface area is 205 Å². The molecule has 0 bridgehead atoms. The van der Waals surface area contributed by atoms with Gasteiger partial charge in [-0.25, -0.2) is 4.39 Å². The molecule has 184 valence electrons. The second-order valence-corrected chi connectivity index (χ2v) is 9.95. The van der Waals surface area contributed by atoms with Crippen LogP contribution in [0.15, 0.2) is 48.5 Å². The number of halogens is 1. The fourth-order valence-electron chi connectivity index (χ4n) is 5.56. The van der Waals surface area contributed by atoms with Crippen molar-refractivity contribution in [3.8, 4) is 5.75 Å². The highest BCUT2D eigenvalue weighted by Crippen LogP contribution is 2.37. The quantitative estimate of drug-likeness (QED) is 0.545. The van der Waals surface area contributed by atoms with Gasteiger partial charge in [0.15, 0.2) is 0 Å². The highest BCUT2D eigenvalue weighted by molar-refractivity contribution is 6.14. The van der Waals surface area contributed by atoms with Crippen LogP contribution in [0.5, 0.6) is 5.75 Å². The fraction of sp³-hybridized carbons (Fsp3) is 0.429. The van der Waals surface area contributed by atoms with Crippen molar-refractivity contribution in [2.24, 2.45) is 0 Å². The van der Waals surface area contributed by atoms with Gasteiger partial charge in [0.1, 0.15) is 22.8 Å². The summed E-state index contributed by atoms with van der Waals surface area (Å²) in [6.45, 7) is 2.03. The molecular formula is C28H32FN3O3. The zero-order valence-electron chi connectivity index (χ0n) is 20.4. The van der Waals surface area contributed by atoms with Crippen molar-refractivity contribution in [1.82, 2.24) is 9.88 Å². The number of hydrogen-bond donors (Lipinski definition) is 1. The van der Waals surface area contributed by atoms with Crippen LogP contribution in [0.25, 0.3) is 10.9 Å². The first kappa shape index (κ1) is 23.4. The molecule has 1 aromatic heterocycles. The van der Waals surface area contributed by atoms with Crippen LogP contribution in [0.3, 0.4) is 0 Å². The van der Waals surface area contributed by atoms with Crippen LogP contribution in [0, 0.1) is 5.82 Å². The van der Waals surface area contributed by atoms with Crippen LogP contribution >= 0.6 is 0 Å². The predicted octanol–water partition coefficient (Wildman–Crippen LogP) is 5.44. The normalized spacial score (nSPS) is 21.3. The number of amides is 2. The van der Waals surface area contributed by atoms with Crippen LogP contribution in [0.1, 0.15) is 62.4 Å². The van der Waals surface area contributed by atoms with Crippen LogP contribution in [-0.4, -0.2) is 35.1 Å². The number of anilines is 1. The molecule has 35 heavy (non-hydrogen) atoms. The highest BCUT2D eigenvalue weighted by Gasteiger charge is 2.49. The van der Waals surface area contributed by atoms with Crippen molar-refractivity contribution in [1.29, 1.82) is 0 Å². The molecule has 7 heteroatoms. The summed E-state index contributed by atoms with van der Waals surface area (Å²) in [5.41, 5.74) is 0.430. The fourth-order valence-corrected chi connectivity index (χ4v) is 5.56. The highest BCUT2D eigenvalue weighted by atomic mass is 19.1. The number of nitrogens with zero attached hydrogens (tertiary/aromatic N) is 2. The van der Waals surface area contributed by atoms with Crippen LogP contribution in [-0.2, 0) is 11.3 Å². The van der Waals surface area contributed by atoms with Crippen LogP contribution in [0.4, 0.5) is 10.1 Å². The van der Waals surface area contributed by atoms with Crippen molar-refractivity contribution in [2.45, 2.75) is 70.0 Å². The molecular weight excluding hydrogens is 445 g/mol. The topological polar surface area (TPSA) is 63.6 Å². The Morgan fingerprint density at radius 1 is 1.06 bits per heavy atom. The van der Waals surface area contributed by atoms with Gasteiger partial charge in [-0.05, 0) is 56.2 Å². The Balaban J connectivity index is 1.59. The van der Waals surface area contributed by atoms with Gasteiger partial charge in [-0.1, -0.05) is 38.2 Å². The summed E-state index contributed by atoms with van der Waals surface area (Å²) in [4.78, 5) is 29.4. The van der Waals surface area contributed by atoms with Gasteiger partial charge in [0.2, 0.25) is 5.91 Å². The smallest absolute Gasteiger partial charge is 0.275 e. The first-order valence-electron chi connectivity index (χ1n) is 12.5. The molecule has 5 rings (SSSR count). The molecule has 6 nitrogen and oxygen atoms in total. The van der Waals surface area contributed by atoms with E-state index < -0.39 is 11.4 Å². The minimum Gasteiger partial charge on any atom is -0.497 e. The first-order chi connectivity index (χ1) is 16.9. The molecule has 0 spiro atoms. The lowest BCUT2D eigenvalue weighted by molar-refractivity contribution is -0.127. The van der Waals surface area contributed by atoms with E-state index in [2.05, 4.69) is 5.32 Å². The van der Waals surface area contributed by atoms with Crippen molar-refractivity contribution >= 4 is 28.4 Å². The average Bonchev–Trinajstić information content (AvgIpc) is 3.18. The Kier molecular flexibility index (Phi) is 6.26. The number of hydrogen-bond acceptors (Lipinski definition) is 3. The molecule has 1 N–H and O–H groups in total. The number of carbonyl (C=O) groups excluding carboxylic acids is 2. The van der Waals surface area contributed by atoms with E-state index in [0.717, 1.165) is 36.6 Å². The zero-order valence-corrected chi connectivity index (χ0v) is 20.4. The lowest BCUT2D eigenvalue weighted by atomic mass is 9.91. The molecule has 1 atom stereocenters. The van der Waals surface area contributed by atoms with E-state index in [9.17, 15) is 14.0 Å². The molecule has 2 aliphatic rings. The molecule has 2 aromatic carbocycles. The third kappa shape index (κ3) is 4.28. The van der Waals surface area contributed by atoms with Gasteiger partial charge in [0.05, 0.1) is 19.2 Å². The Bertz CT molecular complexity index is 1260. The monoisotopic (exact) mass is 477 g/mol. The van der Waals surface area contributed by atoms with E-state index in [1.807, 2.05) is 28.8 Å². The van der Waals surface area contributed by atoms with Crippen molar-refractivity contribution < 1.29 is 18.7 Å². The molecule has 1 fully saturated rings. The number of nitrogens with one attached hydrogen (secondary N) is 1. The van der Waals surface area contributed by atoms with E-state index in [-0.39, 0.29) is 24.4 Å². The van der Waals surface area contributed by atoms with Gasteiger partial charge < -0.3 is 14.6 Å². The summed E-state index contributed by atoms with van der Waals surface area (Å²) < 4.78 is 21.5. The largest absolute Gasteiger partial charge is 0.497 e. The second-order valence-electron chi connectivity index (χ2n) is 9.95. The molecule has 1 aliphatic heterocycles. The van der Waals surface area contributed by atoms with Crippen LogP contribution in [0.2, 0.25) is 0 Å². The lowest BCUT2D eigenvalue weighted by Gasteiger charge is -2.44. The first-order valence-corrected chi connectivity index (χ1v) is 12.5. The number of aromatic nitrogens is 1. The number of fused-ring (bicyclic) bond motifs is 3. The van der Waals surface area contributed by atoms with Gasteiger partial charge in [-0.3, -0.25) is 14.5 Å². The van der Waals surface area contributed by atoms with E-state index in [4.69, 9.17) is 4.74 Å². The average molecular weight is 478 g/mol. The molecule has 1 aliphatic carbocycles.